The maximum Gasteiger partial charge on any atom is 0.354 e. The number of benzene rings is 1. The molecule has 0 aliphatic heterocycles. The van der Waals surface area contributed by atoms with Crippen molar-refractivity contribution < 1.29 is 14.3 Å². The second kappa shape index (κ2) is 5.36. The number of pyridine rings is 1. The van der Waals surface area contributed by atoms with Crippen molar-refractivity contribution in [3.8, 4) is 0 Å². The summed E-state index contributed by atoms with van der Waals surface area (Å²) in [6, 6.07) is 7.07. The predicted octanol–water partition coefficient (Wildman–Crippen LogP) is 1.68. The van der Waals surface area contributed by atoms with Crippen molar-refractivity contribution in [2.75, 3.05) is 0 Å². The van der Waals surface area contributed by atoms with E-state index < -0.39 is 17.3 Å². The van der Waals surface area contributed by atoms with Crippen molar-refractivity contribution in [1.29, 1.82) is 0 Å². The molecule has 0 saturated carbocycles. The zero-order valence-electron chi connectivity index (χ0n) is 11.2. The molecule has 3 aromatic rings. The highest BCUT2D eigenvalue weighted by Crippen LogP contribution is 2.09. The summed E-state index contributed by atoms with van der Waals surface area (Å²) in [5, 5.41) is 9.10. The van der Waals surface area contributed by atoms with E-state index in [1.54, 1.807) is 12.1 Å². The Morgan fingerprint density at radius 2 is 2.09 bits per heavy atom. The van der Waals surface area contributed by atoms with E-state index in [1.165, 1.54) is 35.3 Å². The molecule has 1 aromatic carbocycles. The lowest BCUT2D eigenvalue weighted by molar-refractivity contribution is 0.0690. The third kappa shape index (κ3) is 2.56. The Morgan fingerprint density at radius 1 is 1.27 bits per heavy atom. The van der Waals surface area contributed by atoms with Crippen LogP contribution in [0.25, 0.3) is 10.9 Å². The van der Waals surface area contributed by atoms with E-state index in [2.05, 4.69) is 9.97 Å². The van der Waals surface area contributed by atoms with Gasteiger partial charge in [0.2, 0.25) is 0 Å². The first-order chi connectivity index (χ1) is 10.5. The SMILES string of the molecule is O=C(O)c1cc2c(=O)n(Cc3cccc(F)c3)cnc2cn1. The van der Waals surface area contributed by atoms with Crippen molar-refractivity contribution in [1.82, 2.24) is 14.5 Å². The summed E-state index contributed by atoms with van der Waals surface area (Å²) in [5.41, 5.74) is 0.287. The van der Waals surface area contributed by atoms with Gasteiger partial charge in [0.25, 0.3) is 5.56 Å². The maximum atomic E-state index is 13.2. The lowest BCUT2D eigenvalue weighted by Gasteiger charge is -2.07. The molecule has 0 atom stereocenters. The third-order valence-corrected chi connectivity index (χ3v) is 3.17. The molecule has 0 unspecified atom stereocenters. The number of aromatic nitrogens is 3. The van der Waals surface area contributed by atoms with E-state index in [0.717, 1.165) is 0 Å². The topological polar surface area (TPSA) is 85.1 Å². The molecule has 0 aliphatic rings. The molecular formula is C15H10FN3O3. The van der Waals surface area contributed by atoms with Crippen LogP contribution in [-0.4, -0.2) is 25.6 Å². The zero-order chi connectivity index (χ0) is 15.7. The summed E-state index contributed by atoms with van der Waals surface area (Å²) in [6.45, 7) is 0.143. The highest BCUT2D eigenvalue weighted by atomic mass is 19.1. The van der Waals surface area contributed by atoms with Crippen LogP contribution in [0.1, 0.15) is 16.1 Å². The normalized spacial score (nSPS) is 10.8. The van der Waals surface area contributed by atoms with Gasteiger partial charge in [0.05, 0.1) is 30.0 Å². The monoisotopic (exact) mass is 299 g/mol. The second-order valence-electron chi connectivity index (χ2n) is 4.70. The fourth-order valence-electron chi connectivity index (χ4n) is 2.12. The van der Waals surface area contributed by atoms with Crippen LogP contribution in [0.3, 0.4) is 0 Å². The molecule has 0 spiro atoms. The van der Waals surface area contributed by atoms with Crippen LogP contribution in [0.4, 0.5) is 4.39 Å². The number of aromatic carboxylic acids is 1. The Kier molecular flexibility index (Phi) is 3.38. The average Bonchev–Trinajstić information content (AvgIpc) is 2.50. The number of rotatable bonds is 3. The van der Waals surface area contributed by atoms with Crippen LogP contribution in [0.2, 0.25) is 0 Å². The minimum atomic E-state index is -1.22. The zero-order valence-corrected chi connectivity index (χ0v) is 11.2. The second-order valence-corrected chi connectivity index (χ2v) is 4.70. The molecule has 0 saturated heterocycles. The first kappa shape index (κ1) is 13.9. The number of hydrogen-bond donors (Lipinski definition) is 1. The van der Waals surface area contributed by atoms with Crippen LogP contribution in [0.15, 0.2) is 47.7 Å². The van der Waals surface area contributed by atoms with E-state index >= 15 is 0 Å². The average molecular weight is 299 g/mol. The Labute approximate surface area is 123 Å². The lowest BCUT2D eigenvalue weighted by Crippen LogP contribution is -2.21. The van der Waals surface area contributed by atoms with Crippen LogP contribution in [0, 0.1) is 5.82 Å². The summed E-state index contributed by atoms with van der Waals surface area (Å²) in [7, 11) is 0. The van der Waals surface area contributed by atoms with Crippen molar-refractivity contribution in [3.05, 3.63) is 70.3 Å². The van der Waals surface area contributed by atoms with Gasteiger partial charge >= 0.3 is 5.97 Å². The number of nitrogens with zero attached hydrogens (tertiary/aromatic N) is 3. The molecule has 22 heavy (non-hydrogen) atoms. The number of hydrogen-bond acceptors (Lipinski definition) is 4. The lowest BCUT2D eigenvalue weighted by atomic mass is 10.2. The molecule has 0 aliphatic carbocycles. The minimum absolute atomic E-state index is 0.143. The minimum Gasteiger partial charge on any atom is -0.477 e. The van der Waals surface area contributed by atoms with Crippen LogP contribution in [0.5, 0.6) is 0 Å². The highest BCUT2D eigenvalue weighted by molar-refractivity contribution is 5.90. The van der Waals surface area contributed by atoms with Crippen LogP contribution >= 0.6 is 0 Å². The largest absolute Gasteiger partial charge is 0.477 e. The van der Waals surface area contributed by atoms with Gasteiger partial charge < -0.3 is 5.11 Å². The number of carbonyl (C=O) groups is 1. The quantitative estimate of drug-likeness (QED) is 0.795. The highest BCUT2D eigenvalue weighted by Gasteiger charge is 2.10. The Hall–Kier alpha value is -3.09. The predicted molar refractivity (Wildman–Crippen MR) is 76.3 cm³/mol. The molecule has 6 nitrogen and oxygen atoms in total. The molecule has 1 N–H and O–H groups in total. The van der Waals surface area contributed by atoms with Gasteiger partial charge in [-0.1, -0.05) is 12.1 Å². The molecule has 3 rings (SSSR count). The number of carboxylic acid groups (broad SMARTS) is 1. The summed E-state index contributed by atoms with van der Waals surface area (Å²) in [4.78, 5) is 31.1. The molecule has 0 fully saturated rings. The van der Waals surface area contributed by atoms with Crippen LogP contribution < -0.4 is 5.56 Å². The van der Waals surface area contributed by atoms with Gasteiger partial charge in [0, 0.05) is 0 Å². The van der Waals surface area contributed by atoms with Crippen LogP contribution in [-0.2, 0) is 6.54 Å². The Balaban J connectivity index is 2.09. The van der Waals surface area contributed by atoms with E-state index in [1.807, 2.05) is 0 Å². The fraction of sp³-hybridized carbons (Fsp3) is 0.0667. The molecule has 0 radical (unpaired) electrons. The summed E-state index contributed by atoms with van der Waals surface area (Å²) < 4.78 is 14.5. The number of fused-ring (bicyclic) bond motifs is 1. The standard InChI is InChI=1S/C15H10FN3O3/c16-10-3-1-2-9(4-10)7-19-8-18-13-6-17-12(15(21)22)5-11(13)14(19)20/h1-6,8H,7H2,(H,21,22). The first-order valence-corrected chi connectivity index (χ1v) is 6.37. The van der Waals surface area contributed by atoms with Crippen molar-refractivity contribution in [3.63, 3.8) is 0 Å². The van der Waals surface area contributed by atoms with Gasteiger partial charge in [-0.2, -0.15) is 0 Å². The fourth-order valence-corrected chi connectivity index (χ4v) is 2.12. The smallest absolute Gasteiger partial charge is 0.354 e. The van der Waals surface area contributed by atoms with Crippen molar-refractivity contribution >= 4 is 16.9 Å². The van der Waals surface area contributed by atoms with Crippen molar-refractivity contribution in [2.24, 2.45) is 0 Å². The van der Waals surface area contributed by atoms with Gasteiger partial charge in [-0.3, -0.25) is 9.36 Å². The summed E-state index contributed by atoms with van der Waals surface area (Å²) in [6.07, 6.45) is 2.57. The maximum absolute atomic E-state index is 13.2. The molecule has 110 valence electrons. The number of halogens is 1. The van der Waals surface area contributed by atoms with E-state index in [9.17, 15) is 14.0 Å². The molecule has 7 heteroatoms. The van der Waals surface area contributed by atoms with Gasteiger partial charge in [-0.15, -0.1) is 0 Å². The van der Waals surface area contributed by atoms with Gasteiger partial charge in [0.15, 0.2) is 0 Å². The third-order valence-electron chi connectivity index (χ3n) is 3.17. The van der Waals surface area contributed by atoms with E-state index in [-0.39, 0.29) is 17.6 Å². The summed E-state index contributed by atoms with van der Waals surface area (Å²) >= 11 is 0. The Morgan fingerprint density at radius 3 is 2.82 bits per heavy atom. The first-order valence-electron chi connectivity index (χ1n) is 6.37. The molecular weight excluding hydrogens is 289 g/mol. The van der Waals surface area contributed by atoms with Gasteiger partial charge in [0.1, 0.15) is 11.5 Å². The number of carboxylic acids is 1. The summed E-state index contributed by atoms with van der Waals surface area (Å²) in [5.74, 6) is -1.61. The van der Waals surface area contributed by atoms with Gasteiger partial charge in [-0.05, 0) is 23.8 Å². The van der Waals surface area contributed by atoms with E-state index in [0.29, 0.717) is 11.1 Å². The molecule has 2 heterocycles. The molecule has 2 aromatic heterocycles. The van der Waals surface area contributed by atoms with Crippen molar-refractivity contribution in [2.45, 2.75) is 6.54 Å². The Bertz CT molecular complexity index is 937. The van der Waals surface area contributed by atoms with Gasteiger partial charge in [-0.25, -0.2) is 19.2 Å². The molecule has 0 bridgehead atoms. The molecule has 0 amide bonds. The van der Waals surface area contributed by atoms with E-state index in [4.69, 9.17) is 5.11 Å².